The molecule has 2 aromatic rings. The van der Waals surface area contributed by atoms with Gasteiger partial charge in [0.2, 0.25) is 0 Å². The monoisotopic (exact) mass is 366 g/mol. The summed E-state index contributed by atoms with van der Waals surface area (Å²) in [5.74, 6) is 0.156. The number of rotatable bonds is 5. The van der Waals surface area contributed by atoms with Crippen LogP contribution >= 0.6 is 11.6 Å². The Kier molecular flexibility index (Phi) is 5.91. The molecule has 0 bridgehead atoms. The van der Waals surface area contributed by atoms with E-state index in [0.29, 0.717) is 24.3 Å². The van der Waals surface area contributed by atoms with E-state index in [2.05, 4.69) is 4.94 Å². The van der Waals surface area contributed by atoms with Gasteiger partial charge in [-0.1, -0.05) is 35.9 Å². The van der Waals surface area contributed by atoms with Crippen molar-refractivity contribution in [2.24, 2.45) is 0 Å². The molecule has 3 atom stereocenters. The third-order valence-electron chi connectivity index (χ3n) is 4.43. The van der Waals surface area contributed by atoms with Gasteiger partial charge >= 0.3 is 0 Å². The zero-order valence-corrected chi connectivity index (χ0v) is 14.3. The van der Waals surface area contributed by atoms with E-state index in [9.17, 15) is 14.7 Å². The lowest BCUT2D eigenvalue weighted by molar-refractivity contribution is -0.113. The number of hydrogen-bond acceptors (Lipinski definition) is 4. The molecule has 0 aliphatic carbocycles. The van der Waals surface area contributed by atoms with Crippen LogP contribution in [-0.2, 0) is 11.2 Å². The summed E-state index contributed by atoms with van der Waals surface area (Å²) >= 11 is 6.31. The number of aliphatic hydroxyl groups excluding tert-OH is 2. The quantitative estimate of drug-likeness (QED) is 0.845. The van der Waals surface area contributed by atoms with E-state index in [1.54, 1.807) is 24.3 Å². The molecular weight excluding hydrogens is 347 g/mol. The minimum atomic E-state index is -0.497. The van der Waals surface area contributed by atoms with Crippen molar-refractivity contribution in [3.05, 3.63) is 64.2 Å². The molecule has 1 aliphatic heterocycles. The van der Waals surface area contributed by atoms with Gasteiger partial charge in [-0.2, -0.15) is 0 Å². The second-order valence-electron chi connectivity index (χ2n) is 6.30. The molecule has 4 nitrogen and oxygen atoms in total. The molecule has 1 heterocycles. The molecule has 1 fully saturated rings. The van der Waals surface area contributed by atoms with Gasteiger partial charge in [0, 0.05) is 22.4 Å². The number of halogens is 2. The molecule has 25 heavy (non-hydrogen) atoms. The molecule has 0 radical (unpaired) electrons. The Hall–Kier alpha value is -1.66. The van der Waals surface area contributed by atoms with Crippen molar-refractivity contribution >= 4 is 11.6 Å². The molecule has 2 N–H and O–H groups in total. The van der Waals surface area contributed by atoms with Crippen LogP contribution in [0.15, 0.2) is 42.5 Å². The van der Waals surface area contributed by atoms with Gasteiger partial charge in [0.25, 0.3) is 0 Å². The fourth-order valence-corrected chi connectivity index (χ4v) is 3.32. The Balaban J connectivity index is 1.79. The second kappa shape index (κ2) is 8.15. The average molecular weight is 367 g/mol. The highest BCUT2D eigenvalue weighted by molar-refractivity contribution is 6.31. The van der Waals surface area contributed by atoms with Crippen molar-refractivity contribution in [1.29, 1.82) is 0 Å². The molecule has 134 valence electrons. The maximum Gasteiger partial charge on any atom is 0.171 e. The van der Waals surface area contributed by atoms with Crippen LogP contribution in [0.2, 0.25) is 5.02 Å². The predicted octanol–water partition coefficient (Wildman–Crippen LogP) is 3.77. The predicted molar refractivity (Wildman–Crippen MR) is 92.4 cm³/mol. The summed E-state index contributed by atoms with van der Waals surface area (Å²) in [6, 6.07) is 12.3. The Morgan fingerprint density at radius 3 is 2.60 bits per heavy atom. The number of ether oxygens (including phenoxy) is 1. The van der Waals surface area contributed by atoms with Gasteiger partial charge in [0.05, 0.1) is 24.9 Å². The van der Waals surface area contributed by atoms with Gasteiger partial charge in [-0.3, -0.25) is 4.94 Å². The Morgan fingerprint density at radius 2 is 1.92 bits per heavy atom. The lowest BCUT2D eigenvalue weighted by atomic mass is 9.94. The van der Waals surface area contributed by atoms with E-state index in [1.165, 1.54) is 0 Å². The maximum atomic E-state index is 12.1. The van der Waals surface area contributed by atoms with Crippen molar-refractivity contribution < 1.29 is 24.4 Å². The molecule has 0 amide bonds. The molecule has 1 aliphatic rings. The molecule has 2 aromatic carbocycles. The van der Waals surface area contributed by atoms with Gasteiger partial charge in [-0.15, -0.1) is 0 Å². The minimum absolute atomic E-state index is 0.114. The third kappa shape index (κ3) is 4.50. The molecule has 0 unspecified atom stereocenters. The van der Waals surface area contributed by atoms with E-state index in [1.807, 2.05) is 18.2 Å². The van der Waals surface area contributed by atoms with E-state index < -0.39 is 6.10 Å². The van der Waals surface area contributed by atoms with Crippen LogP contribution in [-0.4, -0.2) is 29.0 Å². The van der Waals surface area contributed by atoms with E-state index in [0.717, 1.165) is 16.7 Å². The molecule has 6 heteroatoms. The Morgan fingerprint density at radius 1 is 1.16 bits per heavy atom. The SMILES string of the molecule is OC[C@@H]1C[C@H](O)C[C@H](c2ccc(Cl)c(Cc3ccc(OF)cc3)c2)O1. The highest BCUT2D eigenvalue weighted by atomic mass is 35.5. The standard InChI is InChI=1S/C19H20ClFO4/c20-18-6-3-13(19-10-15(23)9-17(11-22)24-19)8-14(18)7-12-1-4-16(25-21)5-2-12/h1-6,8,15,17,19,22-23H,7,9-11H2/t15-,17-,19+/m0/s1. The summed E-state index contributed by atoms with van der Waals surface area (Å²) in [4.78, 5) is 3.69. The van der Waals surface area contributed by atoms with Crippen LogP contribution in [0.3, 0.4) is 0 Å². The van der Waals surface area contributed by atoms with Crippen LogP contribution < -0.4 is 4.94 Å². The van der Waals surface area contributed by atoms with Crippen molar-refractivity contribution in [3.63, 3.8) is 0 Å². The minimum Gasteiger partial charge on any atom is -0.394 e. The van der Waals surface area contributed by atoms with Gasteiger partial charge in [0.1, 0.15) is 0 Å². The van der Waals surface area contributed by atoms with E-state index in [-0.39, 0.29) is 24.6 Å². The van der Waals surface area contributed by atoms with E-state index >= 15 is 0 Å². The first-order valence-electron chi connectivity index (χ1n) is 8.19. The molecule has 0 saturated carbocycles. The van der Waals surface area contributed by atoms with Crippen LogP contribution in [0.1, 0.15) is 35.6 Å². The summed E-state index contributed by atoms with van der Waals surface area (Å²) in [6.07, 6.45) is 0.373. The molecule has 0 aromatic heterocycles. The first-order chi connectivity index (χ1) is 12.1. The molecule has 3 rings (SSSR count). The van der Waals surface area contributed by atoms with Gasteiger partial charge in [-0.25, -0.2) is 0 Å². The average Bonchev–Trinajstić information content (AvgIpc) is 2.63. The molecular formula is C19H20ClFO4. The fraction of sp³-hybridized carbons (Fsp3) is 0.368. The summed E-state index contributed by atoms with van der Waals surface area (Å²) in [5, 5.41) is 19.9. The first kappa shape index (κ1) is 18.1. The van der Waals surface area contributed by atoms with Crippen molar-refractivity contribution in [2.45, 2.75) is 37.6 Å². The van der Waals surface area contributed by atoms with Crippen molar-refractivity contribution in [3.8, 4) is 5.75 Å². The fourth-order valence-electron chi connectivity index (χ4n) is 3.13. The highest BCUT2D eigenvalue weighted by Gasteiger charge is 2.29. The summed E-state index contributed by atoms with van der Waals surface area (Å²) in [6.45, 7) is -0.114. The normalized spacial score (nSPS) is 23.4. The summed E-state index contributed by atoms with van der Waals surface area (Å²) in [5.41, 5.74) is 2.80. The largest absolute Gasteiger partial charge is 0.394 e. The number of hydrogen-bond donors (Lipinski definition) is 2. The highest BCUT2D eigenvalue weighted by Crippen LogP contribution is 2.33. The second-order valence-corrected chi connectivity index (χ2v) is 6.71. The summed E-state index contributed by atoms with van der Waals surface area (Å²) in [7, 11) is 0. The van der Waals surface area contributed by atoms with Crippen LogP contribution in [0.25, 0.3) is 0 Å². The molecule has 1 saturated heterocycles. The van der Waals surface area contributed by atoms with Crippen LogP contribution in [0.5, 0.6) is 5.75 Å². The number of aliphatic hydroxyl groups is 2. The maximum absolute atomic E-state index is 12.1. The topological polar surface area (TPSA) is 58.9 Å². The smallest absolute Gasteiger partial charge is 0.171 e. The van der Waals surface area contributed by atoms with Crippen LogP contribution in [0, 0.1) is 0 Å². The zero-order valence-electron chi connectivity index (χ0n) is 13.6. The van der Waals surface area contributed by atoms with Gasteiger partial charge in [-0.05, 0) is 41.3 Å². The van der Waals surface area contributed by atoms with Gasteiger partial charge in [0.15, 0.2) is 5.75 Å². The van der Waals surface area contributed by atoms with E-state index in [4.69, 9.17) is 16.3 Å². The number of benzene rings is 2. The summed E-state index contributed by atoms with van der Waals surface area (Å²) < 4.78 is 18.0. The lowest BCUT2D eigenvalue weighted by Crippen LogP contribution is -2.33. The lowest BCUT2D eigenvalue weighted by Gasteiger charge is -2.32. The van der Waals surface area contributed by atoms with Gasteiger partial charge < -0.3 is 14.9 Å². The Bertz CT molecular complexity index is 707. The van der Waals surface area contributed by atoms with Crippen molar-refractivity contribution in [1.82, 2.24) is 0 Å². The zero-order chi connectivity index (χ0) is 17.8. The first-order valence-corrected chi connectivity index (χ1v) is 8.57. The Labute approximate surface area is 150 Å². The molecule has 0 spiro atoms. The van der Waals surface area contributed by atoms with Crippen molar-refractivity contribution in [2.75, 3.05) is 6.61 Å². The third-order valence-corrected chi connectivity index (χ3v) is 4.80. The van der Waals surface area contributed by atoms with Crippen LogP contribution in [0.4, 0.5) is 4.53 Å².